The molecule has 2 saturated heterocycles. The van der Waals surface area contributed by atoms with E-state index < -0.39 is 156 Å². The summed E-state index contributed by atoms with van der Waals surface area (Å²) >= 11 is 0. The van der Waals surface area contributed by atoms with Crippen molar-refractivity contribution in [1.82, 2.24) is 0 Å². The van der Waals surface area contributed by atoms with Crippen LogP contribution in [0.4, 0.5) is 0 Å². The van der Waals surface area contributed by atoms with Gasteiger partial charge in [0, 0.05) is 18.9 Å². The zero-order valence-electron chi connectivity index (χ0n) is 57.4. The van der Waals surface area contributed by atoms with Crippen molar-refractivity contribution in [3.05, 3.63) is 36.5 Å². The average molecular weight is 1380 g/mol. The summed E-state index contributed by atoms with van der Waals surface area (Å²) in [6.45, 7) is 3.29. The lowest BCUT2D eigenvalue weighted by atomic mass is 9.84. The van der Waals surface area contributed by atoms with Crippen LogP contribution in [0.2, 0.25) is 0 Å². The largest absolute Gasteiger partial charge is 0.472 e. The molecule has 3 rings (SSSR count). The third-order valence-electron chi connectivity index (χ3n) is 17.8. The fourth-order valence-electron chi connectivity index (χ4n) is 11.8. The fraction of sp³-hybridized carbons (Fsp3) is 0.871. The van der Waals surface area contributed by atoms with Gasteiger partial charge in [-0.2, -0.15) is 0 Å². The van der Waals surface area contributed by atoms with Crippen LogP contribution in [0.1, 0.15) is 258 Å². The van der Waals surface area contributed by atoms with Crippen molar-refractivity contribution < 1.29 is 117 Å². The standard InChI is InChI=1S/C70H125O24P/c1-4-7-10-13-16-19-22-24-26-28-31-34-37-40-43-46-56(74)89-51(48-86-54(72)44-41-38-35-32-29-21-18-15-12-9-6-3)49-88-95(84,85)94-68-66(92-69-64(82)59(77)57(75)52(47-71)90-69)62(80)61(79)63(81)67(68)93-70-65(83)60(78)58(76)53(91-70)50-87-55(73)45-42-39-36-33-30-27-25-23-20-17-14-11-8-5-2/h27,30,37,40,43,46,51-53,57-71,75-83H,4-26,28-29,31-36,38-39,41-42,44-45,47-50H2,1-3H3,(H,84,85)/b30-27-,40-37+,46-43+. The molecule has 95 heavy (non-hydrogen) atoms. The minimum Gasteiger partial charge on any atom is -0.463 e. The Morgan fingerprint density at radius 1 is 0.432 bits per heavy atom. The molecule has 0 spiro atoms. The lowest BCUT2D eigenvalue weighted by Gasteiger charge is -2.49. The van der Waals surface area contributed by atoms with Gasteiger partial charge >= 0.3 is 25.7 Å². The average Bonchev–Trinajstić information content (AvgIpc) is 0.764. The second kappa shape index (κ2) is 52.2. The van der Waals surface area contributed by atoms with E-state index in [1.54, 1.807) is 6.08 Å². The monoisotopic (exact) mass is 1380 g/mol. The highest BCUT2D eigenvalue weighted by atomic mass is 31.2. The van der Waals surface area contributed by atoms with E-state index in [-0.39, 0.29) is 12.8 Å². The maximum Gasteiger partial charge on any atom is 0.472 e. The van der Waals surface area contributed by atoms with Gasteiger partial charge in [-0.05, 0) is 51.4 Å². The van der Waals surface area contributed by atoms with Gasteiger partial charge in [-0.1, -0.05) is 225 Å². The molecule has 3 fully saturated rings. The molecule has 24 nitrogen and oxygen atoms in total. The van der Waals surface area contributed by atoms with E-state index >= 15 is 0 Å². The SMILES string of the molecule is CCCCCCCCC/C=C\CCCCCC(=O)OCC1OC(OC2C(O)C(O)C(O)C(OC3OC(CO)C(O)C(O)C3O)C2OP(=O)(O)OCC(COC(=O)CCCCCCCCCCCCC)OC(=O)/C=C/C=C/CCCCCCCCCCCCC)C(O)C(O)C1O. The summed E-state index contributed by atoms with van der Waals surface area (Å²) in [5.74, 6) is -2.26. The Balaban J connectivity index is 1.77. The highest BCUT2D eigenvalue weighted by molar-refractivity contribution is 7.47. The molecule has 0 radical (unpaired) electrons. The molecular formula is C70H125O24P. The Morgan fingerprint density at radius 2 is 0.811 bits per heavy atom. The van der Waals surface area contributed by atoms with Gasteiger partial charge < -0.3 is 89.1 Å². The number of phosphoric ester groups is 1. The number of aliphatic hydroxyl groups excluding tert-OH is 10. The first-order chi connectivity index (χ1) is 45.8. The van der Waals surface area contributed by atoms with E-state index in [9.17, 15) is 74.9 Å². The first-order valence-corrected chi connectivity index (χ1v) is 37.8. The van der Waals surface area contributed by atoms with Gasteiger partial charge in [0.05, 0.1) is 13.2 Å². The van der Waals surface area contributed by atoms with Crippen molar-refractivity contribution >= 4 is 25.7 Å². The van der Waals surface area contributed by atoms with Gasteiger partial charge in [0.25, 0.3) is 0 Å². The smallest absolute Gasteiger partial charge is 0.463 e. The lowest BCUT2D eigenvalue weighted by molar-refractivity contribution is -0.360. The molecular weight excluding hydrogens is 1260 g/mol. The normalized spacial score (nSPS) is 28.3. The topological polar surface area (TPSA) is 374 Å². The van der Waals surface area contributed by atoms with Crippen molar-refractivity contribution in [2.45, 2.75) is 362 Å². The Morgan fingerprint density at radius 3 is 1.26 bits per heavy atom. The van der Waals surface area contributed by atoms with Crippen molar-refractivity contribution in [2.75, 3.05) is 26.4 Å². The van der Waals surface area contributed by atoms with Crippen molar-refractivity contribution in [3.8, 4) is 0 Å². The number of esters is 3. The summed E-state index contributed by atoms with van der Waals surface area (Å²) in [5.41, 5.74) is 0. The third-order valence-corrected chi connectivity index (χ3v) is 18.7. The molecule has 0 amide bonds. The van der Waals surface area contributed by atoms with Crippen LogP contribution in [0, 0.1) is 0 Å². The predicted octanol–water partition coefficient (Wildman–Crippen LogP) is 9.12. The maximum absolute atomic E-state index is 14.3. The Kier molecular flexibility index (Phi) is 47.5. The number of hydrogen-bond acceptors (Lipinski definition) is 23. The highest BCUT2D eigenvalue weighted by Gasteiger charge is 2.58. The Labute approximate surface area is 566 Å². The minimum atomic E-state index is -5.72. The van der Waals surface area contributed by atoms with Crippen molar-refractivity contribution in [3.63, 3.8) is 0 Å². The number of rotatable bonds is 55. The number of hydrogen-bond donors (Lipinski definition) is 11. The second-order valence-electron chi connectivity index (χ2n) is 26.0. The number of phosphoric acid groups is 1. The first kappa shape index (κ1) is 86.4. The van der Waals surface area contributed by atoms with Gasteiger partial charge in [0.2, 0.25) is 0 Å². The summed E-state index contributed by atoms with van der Waals surface area (Å²) < 4.78 is 64.6. The van der Waals surface area contributed by atoms with E-state index in [0.717, 1.165) is 96.0 Å². The molecule has 0 aromatic carbocycles. The number of ether oxygens (including phenoxy) is 7. The minimum absolute atomic E-state index is 0.00427. The molecule has 554 valence electrons. The number of carbonyl (C=O) groups is 3. The van der Waals surface area contributed by atoms with E-state index in [1.165, 1.54) is 128 Å². The Hall–Kier alpha value is -2.82. The summed E-state index contributed by atoms with van der Waals surface area (Å²) in [5, 5.41) is 110. The maximum atomic E-state index is 14.3. The summed E-state index contributed by atoms with van der Waals surface area (Å²) in [4.78, 5) is 50.7. The summed E-state index contributed by atoms with van der Waals surface area (Å²) in [6.07, 6.45) is 13.1. The number of carbonyl (C=O) groups excluding carboxylic acids is 3. The first-order valence-electron chi connectivity index (χ1n) is 36.3. The molecule has 11 N–H and O–H groups in total. The number of allylic oxidation sites excluding steroid dienone is 5. The van der Waals surface area contributed by atoms with Crippen LogP contribution in [0.3, 0.4) is 0 Å². The van der Waals surface area contributed by atoms with Gasteiger partial charge in [0.1, 0.15) is 98.7 Å². The summed E-state index contributed by atoms with van der Waals surface area (Å²) in [7, 11) is -5.72. The summed E-state index contributed by atoms with van der Waals surface area (Å²) in [6, 6.07) is 0. The molecule has 0 aromatic rings. The van der Waals surface area contributed by atoms with Crippen LogP contribution in [-0.4, -0.2) is 204 Å². The molecule has 1 aliphatic carbocycles. The zero-order valence-corrected chi connectivity index (χ0v) is 58.3. The van der Waals surface area contributed by atoms with Crippen LogP contribution in [0.5, 0.6) is 0 Å². The second-order valence-corrected chi connectivity index (χ2v) is 27.4. The van der Waals surface area contributed by atoms with E-state index in [0.29, 0.717) is 12.8 Å². The third kappa shape index (κ3) is 35.9. The van der Waals surface area contributed by atoms with E-state index in [2.05, 4.69) is 32.9 Å². The Bertz CT molecular complexity index is 2120. The molecule has 1 saturated carbocycles. The highest BCUT2D eigenvalue weighted by Crippen LogP contribution is 2.49. The molecule has 3 aliphatic rings. The quantitative estimate of drug-likeness (QED) is 0.00514. The fourth-order valence-corrected chi connectivity index (χ4v) is 12.7. The van der Waals surface area contributed by atoms with Crippen LogP contribution in [0.25, 0.3) is 0 Å². The van der Waals surface area contributed by atoms with Crippen LogP contribution < -0.4 is 0 Å². The zero-order chi connectivity index (χ0) is 69.6. The molecule has 18 atom stereocenters. The molecule has 25 heteroatoms. The van der Waals surface area contributed by atoms with Gasteiger partial charge in [-0.3, -0.25) is 18.6 Å². The van der Waals surface area contributed by atoms with Crippen molar-refractivity contribution in [1.29, 1.82) is 0 Å². The molecule has 2 heterocycles. The van der Waals surface area contributed by atoms with Crippen LogP contribution in [-0.2, 0) is 61.2 Å². The van der Waals surface area contributed by atoms with E-state index in [4.69, 9.17) is 42.2 Å². The van der Waals surface area contributed by atoms with Gasteiger partial charge in [0.15, 0.2) is 18.7 Å². The van der Waals surface area contributed by atoms with Gasteiger partial charge in [-0.15, -0.1) is 0 Å². The number of unbranched alkanes of at least 4 members (excludes halogenated alkanes) is 31. The molecule has 18 unspecified atom stereocenters. The van der Waals surface area contributed by atoms with E-state index in [1.807, 2.05) is 6.08 Å². The molecule has 0 aromatic heterocycles. The van der Waals surface area contributed by atoms with Crippen molar-refractivity contribution in [2.24, 2.45) is 0 Å². The lowest BCUT2D eigenvalue weighted by Crippen LogP contribution is -2.69. The predicted molar refractivity (Wildman–Crippen MR) is 356 cm³/mol. The molecule has 0 bridgehead atoms. The van der Waals surface area contributed by atoms with Gasteiger partial charge in [-0.25, -0.2) is 9.36 Å². The number of aliphatic hydroxyl groups is 10. The van der Waals surface area contributed by atoms with Crippen LogP contribution >= 0.6 is 7.82 Å². The van der Waals surface area contributed by atoms with Crippen LogP contribution in [0.15, 0.2) is 36.5 Å². The molecule has 2 aliphatic heterocycles.